The Labute approximate surface area is 171 Å². The predicted octanol–water partition coefficient (Wildman–Crippen LogP) is 2.97. The van der Waals surface area contributed by atoms with E-state index < -0.39 is 28.9 Å². The number of rotatable bonds is 7. The lowest BCUT2D eigenvalue weighted by molar-refractivity contribution is -0.136. The fraction of sp³-hybridized carbons (Fsp3) is 0.545. The zero-order valence-corrected chi connectivity index (χ0v) is 16.9. The molecule has 1 saturated heterocycles. The fourth-order valence-electron chi connectivity index (χ4n) is 4.31. The van der Waals surface area contributed by atoms with Crippen LogP contribution in [0.4, 0.5) is 4.79 Å². The number of carbonyl (C=O) groups excluding carboxylic acids is 3. The summed E-state index contributed by atoms with van der Waals surface area (Å²) in [4.78, 5) is 39.6. The third kappa shape index (κ3) is 4.12. The largest absolute Gasteiger partial charge is 0.336 e. The SMILES string of the molecule is CCCCC1(c2ccccc2)NC(=O)N(CC(=O)NC2(C#N)CCCCC2)C1=O. The van der Waals surface area contributed by atoms with E-state index in [1.807, 2.05) is 37.3 Å². The van der Waals surface area contributed by atoms with E-state index in [2.05, 4.69) is 16.7 Å². The summed E-state index contributed by atoms with van der Waals surface area (Å²) in [5, 5.41) is 15.2. The molecule has 29 heavy (non-hydrogen) atoms. The van der Waals surface area contributed by atoms with Crippen LogP contribution < -0.4 is 10.6 Å². The van der Waals surface area contributed by atoms with Gasteiger partial charge in [-0.1, -0.05) is 69.4 Å². The summed E-state index contributed by atoms with van der Waals surface area (Å²) in [5.41, 5.74) is -1.32. The van der Waals surface area contributed by atoms with Crippen LogP contribution in [-0.4, -0.2) is 34.8 Å². The molecule has 1 aromatic rings. The van der Waals surface area contributed by atoms with E-state index in [-0.39, 0.29) is 6.54 Å². The number of hydrogen-bond donors (Lipinski definition) is 2. The molecule has 1 aliphatic heterocycles. The van der Waals surface area contributed by atoms with Crippen LogP contribution in [0.5, 0.6) is 0 Å². The van der Waals surface area contributed by atoms with Gasteiger partial charge in [0.15, 0.2) is 0 Å². The topological polar surface area (TPSA) is 102 Å². The van der Waals surface area contributed by atoms with Gasteiger partial charge in [-0.05, 0) is 24.8 Å². The Balaban J connectivity index is 1.78. The minimum atomic E-state index is -1.15. The van der Waals surface area contributed by atoms with Crippen molar-refractivity contribution in [1.82, 2.24) is 15.5 Å². The van der Waals surface area contributed by atoms with E-state index >= 15 is 0 Å². The molecule has 0 radical (unpaired) electrons. The van der Waals surface area contributed by atoms with E-state index in [1.54, 1.807) is 0 Å². The number of urea groups is 1. The van der Waals surface area contributed by atoms with Gasteiger partial charge in [0.25, 0.3) is 5.91 Å². The third-order valence-corrected chi connectivity index (χ3v) is 5.95. The number of imide groups is 1. The van der Waals surface area contributed by atoms with Crippen molar-refractivity contribution in [3.8, 4) is 6.07 Å². The molecule has 154 valence electrons. The lowest BCUT2D eigenvalue weighted by Gasteiger charge is -2.32. The van der Waals surface area contributed by atoms with Crippen LogP contribution in [0.1, 0.15) is 63.9 Å². The molecular formula is C22H28N4O3. The second kappa shape index (κ2) is 8.64. The van der Waals surface area contributed by atoms with Gasteiger partial charge in [-0.15, -0.1) is 0 Å². The third-order valence-electron chi connectivity index (χ3n) is 5.95. The number of nitrogens with one attached hydrogen (secondary N) is 2. The number of nitrogens with zero attached hydrogens (tertiary/aromatic N) is 2. The van der Waals surface area contributed by atoms with Gasteiger partial charge < -0.3 is 10.6 Å². The van der Waals surface area contributed by atoms with Gasteiger partial charge in [-0.2, -0.15) is 5.26 Å². The first-order chi connectivity index (χ1) is 14.0. The van der Waals surface area contributed by atoms with Gasteiger partial charge in [-0.25, -0.2) is 4.79 Å². The zero-order valence-electron chi connectivity index (χ0n) is 16.9. The quantitative estimate of drug-likeness (QED) is 0.692. The Bertz CT molecular complexity index is 811. The average molecular weight is 396 g/mol. The maximum absolute atomic E-state index is 13.3. The van der Waals surface area contributed by atoms with E-state index in [0.717, 1.165) is 42.6 Å². The number of benzene rings is 1. The molecule has 1 atom stereocenters. The van der Waals surface area contributed by atoms with E-state index in [4.69, 9.17) is 0 Å². The Kier molecular flexibility index (Phi) is 6.21. The molecule has 0 spiro atoms. The molecule has 7 nitrogen and oxygen atoms in total. The highest BCUT2D eigenvalue weighted by atomic mass is 16.2. The molecule has 0 bridgehead atoms. The monoisotopic (exact) mass is 396 g/mol. The van der Waals surface area contributed by atoms with E-state index in [1.165, 1.54) is 0 Å². The lowest BCUT2D eigenvalue weighted by atomic mass is 9.83. The molecule has 4 amide bonds. The van der Waals surface area contributed by atoms with Crippen LogP contribution in [0, 0.1) is 11.3 Å². The first-order valence-electron chi connectivity index (χ1n) is 10.4. The normalized spacial score (nSPS) is 23.4. The standard InChI is InChI=1S/C22H28N4O3/c1-2-3-14-22(17-10-6-4-7-11-17)19(28)26(20(29)25-22)15-18(27)24-21(16-23)12-8-5-9-13-21/h4,6-7,10-11H,2-3,5,8-9,12-15H2,1H3,(H,24,27)(H,25,29). The second-order valence-electron chi connectivity index (χ2n) is 8.00. The number of hydrogen-bond acceptors (Lipinski definition) is 4. The highest BCUT2D eigenvalue weighted by molar-refractivity contribution is 6.09. The molecule has 1 saturated carbocycles. The Morgan fingerprint density at radius 1 is 1.21 bits per heavy atom. The van der Waals surface area contributed by atoms with Crippen molar-refractivity contribution in [3.63, 3.8) is 0 Å². The smallest absolute Gasteiger partial charge is 0.325 e. The van der Waals surface area contributed by atoms with Gasteiger partial charge in [0.05, 0.1) is 6.07 Å². The molecule has 1 unspecified atom stereocenters. The van der Waals surface area contributed by atoms with Crippen LogP contribution >= 0.6 is 0 Å². The molecule has 3 rings (SSSR count). The maximum Gasteiger partial charge on any atom is 0.325 e. The molecule has 7 heteroatoms. The number of carbonyl (C=O) groups is 3. The minimum Gasteiger partial charge on any atom is -0.336 e. The van der Waals surface area contributed by atoms with Crippen LogP contribution in [0.2, 0.25) is 0 Å². The van der Waals surface area contributed by atoms with Gasteiger partial charge in [0, 0.05) is 0 Å². The van der Waals surface area contributed by atoms with Gasteiger partial charge in [-0.3, -0.25) is 14.5 Å². The van der Waals surface area contributed by atoms with Gasteiger partial charge in [0.1, 0.15) is 17.6 Å². The first kappa shape index (κ1) is 20.8. The van der Waals surface area contributed by atoms with E-state index in [9.17, 15) is 19.6 Å². The Morgan fingerprint density at radius 3 is 2.52 bits per heavy atom. The summed E-state index contributed by atoms with van der Waals surface area (Å²) < 4.78 is 0. The molecule has 1 aliphatic carbocycles. The minimum absolute atomic E-state index is 0.380. The van der Waals surface area contributed by atoms with Crippen LogP contribution in [-0.2, 0) is 15.1 Å². The first-order valence-corrected chi connectivity index (χ1v) is 10.4. The Morgan fingerprint density at radius 2 is 1.90 bits per heavy atom. The molecule has 2 fully saturated rings. The second-order valence-corrected chi connectivity index (χ2v) is 8.00. The van der Waals surface area contributed by atoms with E-state index in [0.29, 0.717) is 19.3 Å². The molecule has 2 aliphatic rings. The van der Waals surface area contributed by atoms with Crippen LogP contribution in [0.25, 0.3) is 0 Å². The molecule has 0 aromatic heterocycles. The van der Waals surface area contributed by atoms with Gasteiger partial charge in [0.2, 0.25) is 5.91 Å². The molecule has 2 N–H and O–H groups in total. The summed E-state index contributed by atoms with van der Waals surface area (Å²) in [5.74, 6) is -0.886. The summed E-state index contributed by atoms with van der Waals surface area (Å²) in [6.07, 6.45) is 6.11. The highest BCUT2D eigenvalue weighted by Gasteiger charge is 2.52. The molecular weight excluding hydrogens is 368 g/mol. The predicted molar refractivity (Wildman–Crippen MR) is 107 cm³/mol. The van der Waals surface area contributed by atoms with Crippen molar-refractivity contribution in [2.75, 3.05) is 6.54 Å². The zero-order chi connectivity index (χ0) is 20.9. The number of unbranched alkanes of at least 4 members (excludes halogenated alkanes) is 1. The molecule has 1 heterocycles. The van der Waals surface area contributed by atoms with Crippen LogP contribution in [0.15, 0.2) is 30.3 Å². The van der Waals surface area contributed by atoms with Crippen molar-refractivity contribution in [1.29, 1.82) is 5.26 Å². The van der Waals surface area contributed by atoms with Gasteiger partial charge >= 0.3 is 6.03 Å². The Hall–Kier alpha value is -2.88. The van der Waals surface area contributed by atoms with Crippen molar-refractivity contribution >= 4 is 17.8 Å². The molecule has 1 aromatic carbocycles. The van der Waals surface area contributed by atoms with Crippen molar-refractivity contribution in [2.45, 2.75) is 69.4 Å². The van der Waals surface area contributed by atoms with Crippen molar-refractivity contribution in [2.24, 2.45) is 0 Å². The average Bonchev–Trinajstić information content (AvgIpc) is 2.98. The summed E-state index contributed by atoms with van der Waals surface area (Å²) in [7, 11) is 0. The summed E-state index contributed by atoms with van der Waals surface area (Å²) in [6, 6.07) is 10.8. The van der Waals surface area contributed by atoms with Crippen LogP contribution in [0.3, 0.4) is 0 Å². The number of nitriles is 1. The lowest BCUT2D eigenvalue weighted by Crippen LogP contribution is -2.52. The summed E-state index contributed by atoms with van der Waals surface area (Å²) >= 11 is 0. The fourth-order valence-corrected chi connectivity index (χ4v) is 4.31. The maximum atomic E-state index is 13.3. The number of amides is 4. The summed E-state index contributed by atoms with van der Waals surface area (Å²) in [6.45, 7) is 1.64. The van der Waals surface area contributed by atoms with Crippen molar-refractivity contribution in [3.05, 3.63) is 35.9 Å². The highest BCUT2D eigenvalue weighted by Crippen LogP contribution is 2.34. The van der Waals surface area contributed by atoms with Crippen molar-refractivity contribution < 1.29 is 14.4 Å².